The van der Waals surface area contributed by atoms with Crippen molar-refractivity contribution in [3.63, 3.8) is 0 Å². The van der Waals surface area contributed by atoms with Crippen LogP contribution in [-0.4, -0.2) is 18.8 Å². The molecule has 0 saturated carbocycles. The summed E-state index contributed by atoms with van der Waals surface area (Å²) in [7, 11) is 1.56. The molecule has 116 valence electrons. The Labute approximate surface area is 140 Å². The van der Waals surface area contributed by atoms with Crippen molar-refractivity contribution in [2.45, 2.75) is 12.7 Å². The average Bonchev–Trinajstić information content (AvgIpc) is 2.49. The monoisotopic (exact) mass is 335 g/mol. The maximum atomic E-state index is 11.9. The maximum Gasteiger partial charge on any atom is 0.234 e. The number of nitrogens with one attached hydrogen (secondary N) is 1. The first kappa shape index (κ1) is 16.7. The molecule has 0 unspecified atom stereocenters. The van der Waals surface area contributed by atoms with E-state index in [1.54, 1.807) is 37.1 Å². The van der Waals surface area contributed by atoms with Crippen molar-refractivity contribution in [3.05, 3.63) is 58.6 Å². The second-order valence-corrected chi connectivity index (χ2v) is 6.27. The summed E-state index contributed by atoms with van der Waals surface area (Å²) < 4.78 is 5.08. The number of anilines is 1. The lowest BCUT2D eigenvalue weighted by Crippen LogP contribution is -2.14. The number of rotatable bonds is 6. The van der Waals surface area contributed by atoms with E-state index < -0.39 is 0 Å². The van der Waals surface area contributed by atoms with E-state index in [9.17, 15) is 4.79 Å². The van der Waals surface area contributed by atoms with Crippen molar-refractivity contribution >= 4 is 35.0 Å². The van der Waals surface area contributed by atoms with E-state index in [0.717, 1.165) is 5.75 Å². The molecule has 5 heteroatoms. The number of thioether (sulfide) groups is 1. The number of carbonyl (C=O) groups excluding carboxylic acids is 1. The van der Waals surface area contributed by atoms with E-state index >= 15 is 0 Å². The van der Waals surface area contributed by atoms with Gasteiger partial charge in [0.2, 0.25) is 5.91 Å². The van der Waals surface area contributed by atoms with E-state index in [1.807, 2.05) is 0 Å². The van der Waals surface area contributed by atoms with Crippen molar-refractivity contribution in [2.75, 3.05) is 18.2 Å². The molecule has 2 rings (SSSR count). The van der Waals surface area contributed by atoms with E-state index in [1.165, 1.54) is 11.1 Å². The Hall–Kier alpha value is -1.65. The van der Waals surface area contributed by atoms with Gasteiger partial charge in [-0.05, 0) is 30.7 Å². The van der Waals surface area contributed by atoms with Gasteiger partial charge in [0.15, 0.2) is 0 Å². The van der Waals surface area contributed by atoms with E-state index in [-0.39, 0.29) is 5.91 Å². The molecule has 1 amide bonds. The van der Waals surface area contributed by atoms with Crippen molar-refractivity contribution < 1.29 is 9.53 Å². The Morgan fingerprint density at radius 1 is 1.23 bits per heavy atom. The van der Waals surface area contributed by atoms with Crippen LogP contribution in [0, 0.1) is 6.92 Å². The highest BCUT2D eigenvalue weighted by atomic mass is 35.5. The van der Waals surface area contributed by atoms with Crippen LogP contribution in [0.3, 0.4) is 0 Å². The number of carbonyl (C=O) groups is 1. The van der Waals surface area contributed by atoms with Crippen LogP contribution in [-0.2, 0) is 10.5 Å². The van der Waals surface area contributed by atoms with Crippen LogP contribution >= 0.6 is 23.4 Å². The van der Waals surface area contributed by atoms with Crippen molar-refractivity contribution in [1.82, 2.24) is 0 Å². The number of ether oxygens (including phenoxy) is 1. The predicted molar refractivity (Wildman–Crippen MR) is 94.0 cm³/mol. The Balaban J connectivity index is 1.80. The first-order chi connectivity index (χ1) is 10.6. The van der Waals surface area contributed by atoms with Gasteiger partial charge >= 0.3 is 0 Å². The normalized spacial score (nSPS) is 10.3. The molecule has 2 aromatic carbocycles. The third-order valence-electron chi connectivity index (χ3n) is 3.06. The number of hydrogen-bond donors (Lipinski definition) is 1. The molecule has 0 aliphatic rings. The van der Waals surface area contributed by atoms with E-state index in [2.05, 4.69) is 36.5 Å². The summed E-state index contributed by atoms with van der Waals surface area (Å²) >= 11 is 7.61. The molecule has 3 nitrogen and oxygen atoms in total. The number of halogens is 1. The van der Waals surface area contributed by atoms with Gasteiger partial charge in [0, 0.05) is 11.4 Å². The van der Waals surface area contributed by atoms with E-state index in [4.69, 9.17) is 16.3 Å². The van der Waals surface area contributed by atoms with Gasteiger partial charge in [0.1, 0.15) is 5.75 Å². The molecule has 0 atom stereocenters. The SMILES string of the molecule is COc1ccc(NC(=O)CSCc2ccc(C)cc2)cc1Cl. The van der Waals surface area contributed by atoms with Gasteiger partial charge in [-0.2, -0.15) is 0 Å². The van der Waals surface area contributed by atoms with Crippen LogP contribution in [0.1, 0.15) is 11.1 Å². The summed E-state index contributed by atoms with van der Waals surface area (Å²) in [5.74, 6) is 1.76. The molecular weight excluding hydrogens is 318 g/mol. The predicted octanol–water partition coefficient (Wildman–Crippen LogP) is 4.53. The van der Waals surface area contributed by atoms with Crippen molar-refractivity contribution in [3.8, 4) is 5.75 Å². The number of benzene rings is 2. The lowest BCUT2D eigenvalue weighted by Gasteiger charge is -2.08. The minimum absolute atomic E-state index is 0.0432. The lowest BCUT2D eigenvalue weighted by atomic mass is 10.2. The molecule has 0 spiro atoms. The highest BCUT2D eigenvalue weighted by Gasteiger charge is 2.06. The topological polar surface area (TPSA) is 38.3 Å². The fourth-order valence-corrected chi connectivity index (χ4v) is 2.93. The summed E-state index contributed by atoms with van der Waals surface area (Å²) in [6.07, 6.45) is 0. The lowest BCUT2D eigenvalue weighted by molar-refractivity contribution is -0.113. The van der Waals surface area contributed by atoms with Crippen LogP contribution < -0.4 is 10.1 Å². The molecule has 0 radical (unpaired) electrons. The Morgan fingerprint density at radius 3 is 2.59 bits per heavy atom. The third-order valence-corrected chi connectivity index (χ3v) is 4.36. The maximum absolute atomic E-state index is 11.9. The number of hydrogen-bond acceptors (Lipinski definition) is 3. The average molecular weight is 336 g/mol. The van der Waals surface area contributed by atoms with Crippen LogP contribution in [0.25, 0.3) is 0 Å². The molecule has 0 saturated heterocycles. The zero-order valence-electron chi connectivity index (χ0n) is 12.6. The fraction of sp³-hybridized carbons (Fsp3) is 0.235. The molecule has 0 heterocycles. The van der Waals surface area contributed by atoms with E-state index in [0.29, 0.717) is 22.2 Å². The number of methoxy groups -OCH3 is 1. The van der Waals surface area contributed by atoms with Crippen LogP contribution in [0.5, 0.6) is 5.75 Å². The first-order valence-corrected chi connectivity index (χ1v) is 8.38. The summed E-state index contributed by atoms with van der Waals surface area (Å²) in [4.78, 5) is 11.9. The molecule has 0 aromatic heterocycles. The van der Waals surface area contributed by atoms with Crippen LogP contribution in [0.15, 0.2) is 42.5 Å². The number of aryl methyl sites for hydroxylation is 1. The minimum atomic E-state index is -0.0432. The van der Waals surface area contributed by atoms with Gasteiger partial charge < -0.3 is 10.1 Å². The summed E-state index contributed by atoms with van der Waals surface area (Å²) in [5.41, 5.74) is 3.13. The van der Waals surface area contributed by atoms with Gasteiger partial charge in [-0.25, -0.2) is 0 Å². The molecule has 0 bridgehead atoms. The van der Waals surface area contributed by atoms with Gasteiger partial charge in [-0.3, -0.25) is 4.79 Å². The quantitative estimate of drug-likeness (QED) is 0.843. The molecule has 1 N–H and O–H groups in total. The summed E-state index contributed by atoms with van der Waals surface area (Å²) in [6, 6.07) is 13.5. The fourth-order valence-electron chi connectivity index (χ4n) is 1.89. The minimum Gasteiger partial charge on any atom is -0.495 e. The molecule has 0 aliphatic heterocycles. The van der Waals surface area contributed by atoms with Gasteiger partial charge in [0.05, 0.1) is 17.9 Å². The molecule has 22 heavy (non-hydrogen) atoms. The standard InChI is InChI=1S/C17H18ClNO2S/c1-12-3-5-13(6-4-12)10-22-11-17(20)19-14-7-8-16(21-2)15(18)9-14/h3-9H,10-11H2,1-2H3,(H,19,20). The highest BCUT2D eigenvalue weighted by molar-refractivity contribution is 7.99. The van der Waals surface area contributed by atoms with Crippen LogP contribution in [0.4, 0.5) is 5.69 Å². The Bertz CT molecular complexity index is 644. The third kappa shape index (κ3) is 4.97. The smallest absolute Gasteiger partial charge is 0.234 e. The second kappa shape index (κ2) is 8.11. The first-order valence-electron chi connectivity index (χ1n) is 6.85. The zero-order valence-corrected chi connectivity index (χ0v) is 14.1. The van der Waals surface area contributed by atoms with Gasteiger partial charge in [0.25, 0.3) is 0 Å². The number of amides is 1. The largest absolute Gasteiger partial charge is 0.495 e. The summed E-state index contributed by atoms with van der Waals surface area (Å²) in [5, 5.41) is 3.31. The molecule has 0 fully saturated rings. The second-order valence-electron chi connectivity index (χ2n) is 4.88. The van der Waals surface area contributed by atoms with Gasteiger partial charge in [-0.1, -0.05) is 41.4 Å². The molecule has 2 aromatic rings. The molecular formula is C17H18ClNO2S. The van der Waals surface area contributed by atoms with Crippen molar-refractivity contribution in [2.24, 2.45) is 0 Å². The Morgan fingerprint density at radius 2 is 1.95 bits per heavy atom. The van der Waals surface area contributed by atoms with Crippen LogP contribution in [0.2, 0.25) is 5.02 Å². The summed E-state index contributed by atoms with van der Waals surface area (Å²) in [6.45, 7) is 2.06. The van der Waals surface area contributed by atoms with Crippen molar-refractivity contribution in [1.29, 1.82) is 0 Å². The Kier molecular flexibility index (Phi) is 6.16. The zero-order chi connectivity index (χ0) is 15.9. The molecule has 0 aliphatic carbocycles. The highest BCUT2D eigenvalue weighted by Crippen LogP contribution is 2.27. The van der Waals surface area contributed by atoms with Gasteiger partial charge in [-0.15, -0.1) is 11.8 Å².